The van der Waals surface area contributed by atoms with Crippen LogP contribution in [0, 0.1) is 6.92 Å². The van der Waals surface area contributed by atoms with Crippen molar-refractivity contribution in [2.45, 2.75) is 52.7 Å². The molecule has 0 spiro atoms. The molecule has 0 radical (unpaired) electrons. The zero-order valence-electron chi connectivity index (χ0n) is 12.0. The quantitative estimate of drug-likeness (QED) is 0.861. The maximum atomic E-state index is 6.02. The normalized spacial score (nSPS) is 12.8. The molecular formula is C14H23N5. The molecule has 1 unspecified atom stereocenters. The third kappa shape index (κ3) is 3.23. The lowest BCUT2D eigenvalue weighted by Gasteiger charge is -2.12. The molecule has 2 N–H and O–H groups in total. The van der Waals surface area contributed by atoms with Crippen LogP contribution in [0.5, 0.6) is 0 Å². The largest absolute Gasteiger partial charge is 0.329 e. The van der Waals surface area contributed by atoms with Gasteiger partial charge in [0, 0.05) is 31.4 Å². The van der Waals surface area contributed by atoms with Gasteiger partial charge in [-0.1, -0.05) is 6.92 Å². The highest BCUT2D eigenvalue weighted by Crippen LogP contribution is 2.10. The monoisotopic (exact) mass is 261 g/mol. The fraction of sp³-hybridized carbons (Fsp3) is 0.571. The van der Waals surface area contributed by atoms with Crippen LogP contribution < -0.4 is 5.73 Å². The minimum Gasteiger partial charge on any atom is -0.329 e. The van der Waals surface area contributed by atoms with Crippen LogP contribution in [0.2, 0.25) is 0 Å². The topological polar surface area (TPSA) is 61.7 Å². The van der Waals surface area contributed by atoms with Gasteiger partial charge in [-0.15, -0.1) is 0 Å². The predicted octanol–water partition coefficient (Wildman–Crippen LogP) is 1.74. The van der Waals surface area contributed by atoms with E-state index in [2.05, 4.69) is 34.6 Å². The average Bonchev–Trinajstić information content (AvgIpc) is 2.97. The Morgan fingerprint density at radius 2 is 2.16 bits per heavy atom. The summed E-state index contributed by atoms with van der Waals surface area (Å²) in [6, 6.07) is 2.31. The van der Waals surface area contributed by atoms with Crippen molar-refractivity contribution in [3.05, 3.63) is 35.7 Å². The molecule has 1 atom stereocenters. The molecule has 0 saturated carbocycles. The van der Waals surface area contributed by atoms with Crippen molar-refractivity contribution >= 4 is 0 Å². The van der Waals surface area contributed by atoms with Gasteiger partial charge in [-0.2, -0.15) is 5.10 Å². The highest BCUT2D eigenvalue weighted by atomic mass is 15.3. The van der Waals surface area contributed by atoms with Crippen molar-refractivity contribution in [3.8, 4) is 0 Å². The van der Waals surface area contributed by atoms with Crippen LogP contribution in [0.15, 0.2) is 18.5 Å². The number of hydrogen-bond donors (Lipinski definition) is 1. The lowest BCUT2D eigenvalue weighted by molar-refractivity contribution is 0.566. The van der Waals surface area contributed by atoms with E-state index in [1.165, 1.54) is 5.69 Å². The van der Waals surface area contributed by atoms with Crippen molar-refractivity contribution in [2.75, 3.05) is 0 Å². The van der Waals surface area contributed by atoms with Gasteiger partial charge in [-0.25, -0.2) is 4.98 Å². The number of aromatic nitrogens is 4. The first kappa shape index (κ1) is 13.8. The van der Waals surface area contributed by atoms with Crippen molar-refractivity contribution < 1.29 is 0 Å². The number of rotatable bonds is 6. The van der Waals surface area contributed by atoms with E-state index in [9.17, 15) is 0 Å². The second kappa shape index (κ2) is 6.02. The molecular weight excluding hydrogens is 238 g/mol. The number of nitrogens with zero attached hydrogens (tertiary/aromatic N) is 4. The highest BCUT2D eigenvalue weighted by Gasteiger charge is 2.10. The number of imidazole rings is 1. The Morgan fingerprint density at radius 3 is 2.84 bits per heavy atom. The van der Waals surface area contributed by atoms with Crippen molar-refractivity contribution in [2.24, 2.45) is 5.73 Å². The lowest BCUT2D eigenvalue weighted by Crippen LogP contribution is -2.24. The third-order valence-corrected chi connectivity index (χ3v) is 3.39. The van der Waals surface area contributed by atoms with Gasteiger partial charge in [0.15, 0.2) is 0 Å². The first-order chi connectivity index (χ1) is 9.13. The third-order valence-electron chi connectivity index (χ3n) is 3.39. The summed E-state index contributed by atoms with van der Waals surface area (Å²) < 4.78 is 4.21. The maximum absolute atomic E-state index is 6.02. The van der Waals surface area contributed by atoms with E-state index < -0.39 is 0 Å². The zero-order valence-corrected chi connectivity index (χ0v) is 12.0. The molecule has 0 aromatic carbocycles. The summed E-state index contributed by atoms with van der Waals surface area (Å²) >= 11 is 0. The molecule has 5 nitrogen and oxygen atoms in total. The van der Waals surface area contributed by atoms with Gasteiger partial charge < -0.3 is 10.3 Å². The molecule has 104 valence electrons. The predicted molar refractivity (Wildman–Crippen MR) is 75.9 cm³/mol. The fourth-order valence-corrected chi connectivity index (χ4v) is 2.23. The molecule has 0 aliphatic rings. The van der Waals surface area contributed by atoms with Gasteiger partial charge in [0.2, 0.25) is 0 Å². The summed E-state index contributed by atoms with van der Waals surface area (Å²) in [6.07, 6.45) is 5.65. The van der Waals surface area contributed by atoms with E-state index in [0.29, 0.717) is 0 Å². The van der Waals surface area contributed by atoms with E-state index in [-0.39, 0.29) is 6.04 Å². The van der Waals surface area contributed by atoms with Crippen LogP contribution in [0.3, 0.4) is 0 Å². The first-order valence-electron chi connectivity index (χ1n) is 6.93. The highest BCUT2D eigenvalue weighted by molar-refractivity contribution is 5.11. The molecule has 2 aromatic heterocycles. The summed E-state index contributed by atoms with van der Waals surface area (Å²) in [4.78, 5) is 4.42. The van der Waals surface area contributed by atoms with E-state index in [1.807, 2.05) is 24.0 Å². The Labute approximate surface area is 114 Å². The van der Waals surface area contributed by atoms with Gasteiger partial charge in [0.1, 0.15) is 5.82 Å². The van der Waals surface area contributed by atoms with E-state index in [4.69, 9.17) is 5.73 Å². The molecule has 0 saturated heterocycles. The average molecular weight is 261 g/mol. The Balaban J connectivity index is 2.17. The molecule has 2 aromatic rings. The van der Waals surface area contributed by atoms with Gasteiger partial charge in [0.25, 0.3) is 0 Å². The summed E-state index contributed by atoms with van der Waals surface area (Å²) in [5, 5.41) is 4.47. The maximum Gasteiger partial charge on any atom is 0.110 e. The van der Waals surface area contributed by atoms with Gasteiger partial charge in [-0.3, -0.25) is 4.68 Å². The standard InChI is InChI=1S/C14H23N5/c1-4-12(15)9-14-16-6-7-18(14)10-13-8-11(3)17-19(13)5-2/h6-8,12H,4-5,9-10,15H2,1-3H3. The fourth-order valence-electron chi connectivity index (χ4n) is 2.23. The van der Waals surface area contributed by atoms with Crippen molar-refractivity contribution in [1.29, 1.82) is 0 Å². The Hall–Kier alpha value is -1.62. The number of nitrogens with two attached hydrogens (primary N) is 1. The lowest BCUT2D eigenvalue weighted by atomic mass is 10.1. The van der Waals surface area contributed by atoms with Crippen LogP contribution in [0.25, 0.3) is 0 Å². The van der Waals surface area contributed by atoms with Gasteiger partial charge in [0.05, 0.1) is 17.9 Å². The minimum atomic E-state index is 0.180. The summed E-state index contributed by atoms with van der Waals surface area (Å²) in [5.41, 5.74) is 8.29. The van der Waals surface area contributed by atoms with Crippen LogP contribution in [-0.4, -0.2) is 25.4 Å². The smallest absolute Gasteiger partial charge is 0.110 e. The Kier molecular flexibility index (Phi) is 4.37. The molecule has 0 aliphatic carbocycles. The molecule has 0 amide bonds. The van der Waals surface area contributed by atoms with Gasteiger partial charge >= 0.3 is 0 Å². The van der Waals surface area contributed by atoms with Gasteiger partial charge in [-0.05, 0) is 26.3 Å². The van der Waals surface area contributed by atoms with Crippen LogP contribution in [0.4, 0.5) is 0 Å². The molecule has 0 bridgehead atoms. The van der Waals surface area contributed by atoms with Crippen LogP contribution >= 0.6 is 0 Å². The first-order valence-corrected chi connectivity index (χ1v) is 6.93. The zero-order chi connectivity index (χ0) is 13.8. The Morgan fingerprint density at radius 1 is 1.37 bits per heavy atom. The summed E-state index contributed by atoms with van der Waals surface area (Å²) in [6.45, 7) is 7.94. The second-order valence-corrected chi connectivity index (χ2v) is 4.94. The molecule has 2 rings (SSSR count). The summed E-state index contributed by atoms with van der Waals surface area (Å²) in [7, 11) is 0. The van der Waals surface area contributed by atoms with Crippen molar-refractivity contribution in [1.82, 2.24) is 19.3 Å². The molecule has 19 heavy (non-hydrogen) atoms. The van der Waals surface area contributed by atoms with E-state index >= 15 is 0 Å². The minimum absolute atomic E-state index is 0.180. The van der Waals surface area contributed by atoms with Crippen molar-refractivity contribution in [3.63, 3.8) is 0 Å². The Bertz CT molecular complexity index is 526. The van der Waals surface area contributed by atoms with Crippen LogP contribution in [-0.2, 0) is 19.5 Å². The SMILES string of the molecule is CCC(N)Cc1nccn1Cc1cc(C)nn1CC. The van der Waals surface area contributed by atoms with E-state index in [1.54, 1.807) is 0 Å². The number of aryl methyl sites for hydroxylation is 2. The molecule has 0 fully saturated rings. The number of hydrogen-bond acceptors (Lipinski definition) is 3. The van der Waals surface area contributed by atoms with E-state index in [0.717, 1.165) is 37.4 Å². The van der Waals surface area contributed by atoms with Crippen LogP contribution in [0.1, 0.15) is 37.5 Å². The second-order valence-electron chi connectivity index (χ2n) is 4.94. The molecule has 2 heterocycles. The molecule has 5 heteroatoms. The summed E-state index contributed by atoms with van der Waals surface area (Å²) in [5.74, 6) is 1.05. The molecule has 0 aliphatic heterocycles.